The monoisotopic (exact) mass is 451 g/mol. The molecule has 32 heavy (non-hydrogen) atoms. The zero-order valence-corrected chi connectivity index (χ0v) is 18.0. The van der Waals surface area contributed by atoms with E-state index in [1.54, 1.807) is 48.5 Å². The highest BCUT2D eigenvalue weighted by Crippen LogP contribution is 2.34. The quantitative estimate of drug-likeness (QED) is 0.683. The molecule has 2 bridgehead atoms. The molecular formula is C24H22ClN3O4. The number of fused-ring (bicyclic) bond motifs is 9. The second-order valence-electron chi connectivity index (χ2n) is 7.77. The lowest BCUT2D eigenvalue weighted by atomic mass is 10.0. The van der Waals surface area contributed by atoms with Crippen molar-refractivity contribution in [3.63, 3.8) is 0 Å². The summed E-state index contributed by atoms with van der Waals surface area (Å²) in [6.07, 6.45) is 4.98. The molecule has 1 saturated carbocycles. The molecule has 0 spiro atoms. The first-order valence-corrected chi connectivity index (χ1v) is 10.7. The minimum atomic E-state index is -0.906. The average molecular weight is 452 g/mol. The van der Waals surface area contributed by atoms with Crippen molar-refractivity contribution < 1.29 is 19.1 Å². The number of benzene rings is 2. The third-order valence-corrected chi connectivity index (χ3v) is 5.65. The van der Waals surface area contributed by atoms with Crippen molar-refractivity contribution in [3.8, 4) is 17.6 Å². The Morgan fingerprint density at radius 1 is 1.12 bits per heavy atom. The van der Waals surface area contributed by atoms with Crippen molar-refractivity contribution in [1.29, 1.82) is 5.26 Å². The molecule has 164 valence electrons. The molecule has 1 atom stereocenters. The van der Waals surface area contributed by atoms with E-state index in [2.05, 4.69) is 16.7 Å². The van der Waals surface area contributed by atoms with Crippen molar-refractivity contribution in [3.05, 3.63) is 70.8 Å². The largest absolute Gasteiger partial charge is 0.489 e. The first kappa shape index (κ1) is 21.7. The number of rotatable bonds is 2. The van der Waals surface area contributed by atoms with E-state index in [1.807, 2.05) is 6.08 Å². The van der Waals surface area contributed by atoms with E-state index in [-0.39, 0.29) is 13.0 Å². The molecular weight excluding hydrogens is 430 g/mol. The maximum Gasteiger partial charge on any atom is 0.255 e. The van der Waals surface area contributed by atoms with Gasteiger partial charge in [-0.05, 0) is 54.8 Å². The highest BCUT2D eigenvalue weighted by atomic mass is 35.5. The Hall–Kier alpha value is -3.50. The van der Waals surface area contributed by atoms with Crippen LogP contribution in [0.25, 0.3) is 0 Å². The topological polar surface area (TPSA) is 100 Å². The normalized spacial score (nSPS) is 19.5. The second kappa shape index (κ2) is 9.33. The van der Waals surface area contributed by atoms with Gasteiger partial charge in [0.05, 0.1) is 16.7 Å². The number of carbonyl (C=O) groups is 2. The number of nitrogens with one attached hydrogen (secondary N) is 2. The van der Waals surface area contributed by atoms with Crippen molar-refractivity contribution in [2.75, 3.05) is 13.2 Å². The summed E-state index contributed by atoms with van der Waals surface area (Å²) in [5, 5.41) is 15.3. The van der Waals surface area contributed by atoms with E-state index >= 15 is 0 Å². The molecule has 2 N–H and O–H groups in total. The summed E-state index contributed by atoms with van der Waals surface area (Å²) in [6.45, 7) is 0.556. The first-order chi connectivity index (χ1) is 15.5. The molecule has 2 aromatic rings. The lowest BCUT2D eigenvalue weighted by Crippen LogP contribution is -2.51. The van der Waals surface area contributed by atoms with Crippen molar-refractivity contribution in [2.45, 2.75) is 30.8 Å². The average Bonchev–Trinajstić information content (AvgIpc) is 3.56. The third-order valence-electron chi connectivity index (χ3n) is 5.35. The molecule has 1 fully saturated rings. The highest BCUT2D eigenvalue weighted by molar-refractivity contribution is 6.32. The lowest BCUT2D eigenvalue weighted by Gasteiger charge is -2.21. The number of para-hydroxylation sites is 1. The molecule has 3 aliphatic rings. The summed E-state index contributed by atoms with van der Waals surface area (Å²) >= 11 is 6.35. The van der Waals surface area contributed by atoms with Gasteiger partial charge in [-0.15, -0.1) is 0 Å². The van der Waals surface area contributed by atoms with E-state index in [1.165, 1.54) is 0 Å². The molecule has 2 aliphatic heterocycles. The molecule has 0 aromatic heterocycles. The van der Waals surface area contributed by atoms with Gasteiger partial charge in [-0.1, -0.05) is 29.8 Å². The zero-order chi connectivity index (χ0) is 22.6. The number of halogens is 1. The minimum Gasteiger partial charge on any atom is -0.489 e. The summed E-state index contributed by atoms with van der Waals surface area (Å²) in [6, 6.07) is 13.3. The molecule has 2 heterocycles. The Morgan fingerprint density at radius 2 is 1.84 bits per heavy atom. The Balaban J connectivity index is 1.65. The Morgan fingerprint density at radius 3 is 2.53 bits per heavy atom. The van der Waals surface area contributed by atoms with Crippen LogP contribution in [0.1, 0.15) is 28.8 Å². The molecule has 1 unspecified atom stereocenters. The maximum atomic E-state index is 13.1. The molecule has 8 heteroatoms. The van der Waals surface area contributed by atoms with Gasteiger partial charge in [-0.2, -0.15) is 5.26 Å². The molecule has 7 nitrogen and oxygen atoms in total. The van der Waals surface area contributed by atoms with E-state index in [0.29, 0.717) is 41.5 Å². The van der Waals surface area contributed by atoms with Crippen LogP contribution in [0, 0.1) is 11.3 Å². The predicted molar refractivity (Wildman–Crippen MR) is 119 cm³/mol. The Bertz CT molecular complexity index is 1100. The number of nitrogens with zero attached hydrogens (tertiary/aromatic N) is 1. The Kier molecular flexibility index (Phi) is 6.33. The standard InChI is InChI=1S/C24H22ClN3O4/c25-18-13-16-7-8-21(18)32-12-4-3-11-31-20-6-2-1-5-17(20)22(29)27-19(14-16)23(30)28-24(15-26)9-10-24/h1-8,13,19H,9-12,14H2,(H,27,29)(H,28,30). The fourth-order valence-corrected chi connectivity index (χ4v) is 3.63. The molecule has 1 aliphatic carbocycles. The van der Waals surface area contributed by atoms with E-state index in [4.69, 9.17) is 21.1 Å². The summed E-state index contributed by atoms with van der Waals surface area (Å²) in [5.41, 5.74) is 0.216. The van der Waals surface area contributed by atoms with Crippen LogP contribution in [0.15, 0.2) is 54.6 Å². The molecule has 0 saturated heterocycles. The molecule has 5 rings (SSSR count). The molecule has 2 amide bonds. The van der Waals surface area contributed by atoms with Crippen molar-refractivity contribution in [2.24, 2.45) is 0 Å². The van der Waals surface area contributed by atoms with Crippen molar-refractivity contribution >= 4 is 23.4 Å². The minimum absolute atomic E-state index is 0.196. The van der Waals surface area contributed by atoms with Crippen LogP contribution in [-0.4, -0.2) is 36.6 Å². The summed E-state index contributed by atoms with van der Waals surface area (Å²) in [4.78, 5) is 26.1. The lowest BCUT2D eigenvalue weighted by molar-refractivity contribution is -0.123. The van der Waals surface area contributed by atoms with Crippen LogP contribution < -0.4 is 20.1 Å². The summed E-state index contributed by atoms with van der Waals surface area (Å²) in [5.74, 6) is 0.0646. The van der Waals surface area contributed by atoms with Crippen LogP contribution in [0.5, 0.6) is 11.5 Å². The van der Waals surface area contributed by atoms with Gasteiger partial charge >= 0.3 is 0 Å². The third kappa shape index (κ3) is 5.04. The van der Waals surface area contributed by atoms with Crippen LogP contribution in [-0.2, 0) is 11.2 Å². The van der Waals surface area contributed by atoms with E-state index in [0.717, 1.165) is 5.56 Å². The molecule has 2 aromatic carbocycles. The van der Waals surface area contributed by atoms with Gasteiger partial charge in [0.2, 0.25) is 5.91 Å². The van der Waals surface area contributed by atoms with Gasteiger partial charge in [-0.3, -0.25) is 9.59 Å². The van der Waals surface area contributed by atoms with Gasteiger partial charge in [0.15, 0.2) is 0 Å². The Labute approximate surface area is 191 Å². The number of carbonyl (C=O) groups excluding carboxylic acids is 2. The van der Waals surface area contributed by atoms with Gasteiger partial charge in [0.1, 0.15) is 36.3 Å². The van der Waals surface area contributed by atoms with Gasteiger partial charge in [-0.25, -0.2) is 0 Å². The van der Waals surface area contributed by atoms with Crippen LogP contribution in [0.3, 0.4) is 0 Å². The number of ether oxygens (including phenoxy) is 2. The zero-order valence-electron chi connectivity index (χ0n) is 17.3. The fourth-order valence-electron chi connectivity index (χ4n) is 3.37. The van der Waals surface area contributed by atoms with E-state index in [9.17, 15) is 14.9 Å². The summed E-state index contributed by atoms with van der Waals surface area (Å²) in [7, 11) is 0. The van der Waals surface area contributed by atoms with Crippen LogP contribution in [0.2, 0.25) is 5.02 Å². The smallest absolute Gasteiger partial charge is 0.255 e. The number of hydrogen-bond acceptors (Lipinski definition) is 5. The van der Waals surface area contributed by atoms with Crippen LogP contribution in [0.4, 0.5) is 0 Å². The predicted octanol–water partition coefficient (Wildman–Crippen LogP) is 3.18. The fraction of sp³-hybridized carbons (Fsp3) is 0.292. The van der Waals surface area contributed by atoms with Gasteiger partial charge < -0.3 is 20.1 Å². The highest BCUT2D eigenvalue weighted by Gasteiger charge is 2.45. The first-order valence-electron chi connectivity index (χ1n) is 10.3. The maximum absolute atomic E-state index is 13.1. The number of nitriles is 1. The number of amides is 2. The number of hydrogen-bond donors (Lipinski definition) is 2. The van der Waals surface area contributed by atoms with Crippen molar-refractivity contribution in [1.82, 2.24) is 10.6 Å². The van der Waals surface area contributed by atoms with Gasteiger partial charge in [0.25, 0.3) is 5.91 Å². The van der Waals surface area contributed by atoms with E-state index < -0.39 is 23.4 Å². The van der Waals surface area contributed by atoms with Gasteiger partial charge in [0, 0.05) is 6.42 Å². The SMILES string of the molecule is N#CC1(NC(=O)C2Cc3ccc(c(Cl)c3)OCC=CCOc3ccccc3C(=O)N2)CC1. The van der Waals surface area contributed by atoms with Crippen LogP contribution >= 0.6 is 11.6 Å². The molecule has 0 radical (unpaired) electrons. The summed E-state index contributed by atoms with van der Waals surface area (Å²) < 4.78 is 11.4. The second-order valence-corrected chi connectivity index (χ2v) is 8.17.